The second-order valence-electron chi connectivity index (χ2n) is 4.25. The summed E-state index contributed by atoms with van der Waals surface area (Å²) in [6.07, 6.45) is 1.70. The molecule has 1 atom stereocenters. The number of methoxy groups -OCH3 is 1. The first kappa shape index (κ1) is 15.8. The average Bonchev–Trinajstić information content (AvgIpc) is 2.44. The van der Waals surface area contributed by atoms with E-state index in [0.29, 0.717) is 18.8 Å². The van der Waals surface area contributed by atoms with Crippen molar-refractivity contribution in [3.8, 4) is 0 Å². The monoisotopic (exact) mass is 282 g/mol. The zero-order valence-electron chi connectivity index (χ0n) is 11.7. The van der Waals surface area contributed by atoms with Crippen LogP contribution in [-0.4, -0.2) is 42.6 Å². The molecule has 0 aliphatic heterocycles. The number of pyridine rings is 1. The van der Waals surface area contributed by atoms with E-state index >= 15 is 0 Å². The Morgan fingerprint density at radius 1 is 1.60 bits per heavy atom. The summed E-state index contributed by atoms with van der Waals surface area (Å²) in [5, 5.41) is 16.4. The van der Waals surface area contributed by atoms with Gasteiger partial charge in [-0.2, -0.15) is 0 Å². The summed E-state index contributed by atoms with van der Waals surface area (Å²) in [6, 6.07) is 1.21. The SMILES string of the molecule is CNc1cc(C(=O)NC(C)CCOC)c([N+](=O)[O-])cn1. The minimum atomic E-state index is -0.624. The molecule has 0 bridgehead atoms. The van der Waals surface area contributed by atoms with Crippen LogP contribution in [-0.2, 0) is 4.74 Å². The molecule has 0 spiro atoms. The van der Waals surface area contributed by atoms with E-state index in [1.165, 1.54) is 6.07 Å². The van der Waals surface area contributed by atoms with Crippen LogP contribution < -0.4 is 10.6 Å². The Labute approximate surface area is 116 Å². The van der Waals surface area contributed by atoms with E-state index in [1.54, 1.807) is 14.2 Å². The second-order valence-corrected chi connectivity index (χ2v) is 4.25. The molecular formula is C12H18N4O4. The van der Waals surface area contributed by atoms with Gasteiger partial charge in [0.1, 0.15) is 17.6 Å². The maximum Gasteiger partial charge on any atom is 0.300 e. The molecule has 2 N–H and O–H groups in total. The maximum absolute atomic E-state index is 12.1. The second kappa shape index (κ2) is 7.39. The summed E-state index contributed by atoms with van der Waals surface area (Å²) in [4.78, 5) is 26.2. The van der Waals surface area contributed by atoms with Gasteiger partial charge in [0.05, 0.1) is 4.92 Å². The van der Waals surface area contributed by atoms with Gasteiger partial charge in [0.2, 0.25) is 0 Å². The Hall–Kier alpha value is -2.22. The first-order valence-corrected chi connectivity index (χ1v) is 6.11. The molecule has 0 saturated carbocycles. The Bertz CT molecular complexity index is 492. The number of carbonyl (C=O) groups excluding carboxylic acids is 1. The minimum absolute atomic E-state index is 0.0152. The lowest BCUT2D eigenvalue weighted by atomic mass is 10.1. The van der Waals surface area contributed by atoms with Crippen LogP contribution in [0, 0.1) is 10.1 Å². The first-order chi connectivity index (χ1) is 9.49. The molecule has 0 aromatic carbocycles. The van der Waals surface area contributed by atoms with Crippen LogP contribution in [0.25, 0.3) is 0 Å². The number of carbonyl (C=O) groups is 1. The third kappa shape index (κ3) is 4.16. The van der Waals surface area contributed by atoms with E-state index in [9.17, 15) is 14.9 Å². The third-order valence-corrected chi connectivity index (χ3v) is 2.71. The van der Waals surface area contributed by atoms with Gasteiger partial charge in [-0.05, 0) is 13.3 Å². The molecule has 110 valence electrons. The zero-order chi connectivity index (χ0) is 15.1. The van der Waals surface area contributed by atoms with Crippen molar-refractivity contribution in [1.29, 1.82) is 0 Å². The molecule has 0 fully saturated rings. The Morgan fingerprint density at radius 3 is 2.85 bits per heavy atom. The summed E-state index contributed by atoms with van der Waals surface area (Å²) in [5.41, 5.74) is -0.334. The van der Waals surface area contributed by atoms with Crippen LogP contribution in [0.15, 0.2) is 12.3 Å². The van der Waals surface area contributed by atoms with Crippen LogP contribution in [0.4, 0.5) is 11.5 Å². The quantitative estimate of drug-likeness (QED) is 0.574. The van der Waals surface area contributed by atoms with E-state index in [4.69, 9.17) is 4.74 Å². The van der Waals surface area contributed by atoms with E-state index in [-0.39, 0.29) is 17.3 Å². The van der Waals surface area contributed by atoms with Crippen LogP contribution in [0.1, 0.15) is 23.7 Å². The van der Waals surface area contributed by atoms with Crippen molar-refractivity contribution in [2.75, 3.05) is 26.1 Å². The highest BCUT2D eigenvalue weighted by molar-refractivity contribution is 5.98. The van der Waals surface area contributed by atoms with Gasteiger partial charge in [0, 0.05) is 32.9 Å². The lowest BCUT2D eigenvalue weighted by Crippen LogP contribution is -2.33. The number of rotatable bonds is 7. The molecule has 0 radical (unpaired) electrons. The number of aromatic nitrogens is 1. The van der Waals surface area contributed by atoms with Gasteiger partial charge < -0.3 is 15.4 Å². The molecule has 1 heterocycles. The van der Waals surface area contributed by atoms with Crippen LogP contribution in [0.5, 0.6) is 0 Å². The topological polar surface area (TPSA) is 106 Å². The molecule has 1 aromatic heterocycles. The number of hydrogen-bond acceptors (Lipinski definition) is 6. The van der Waals surface area contributed by atoms with Crippen LogP contribution in [0.3, 0.4) is 0 Å². The van der Waals surface area contributed by atoms with Gasteiger partial charge in [-0.1, -0.05) is 0 Å². The molecule has 0 aliphatic rings. The lowest BCUT2D eigenvalue weighted by Gasteiger charge is -2.13. The van der Waals surface area contributed by atoms with Crippen molar-refractivity contribution < 1.29 is 14.5 Å². The molecule has 1 unspecified atom stereocenters. The van der Waals surface area contributed by atoms with Gasteiger partial charge in [0.15, 0.2) is 0 Å². The smallest absolute Gasteiger partial charge is 0.300 e. The molecule has 20 heavy (non-hydrogen) atoms. The number of nitrogens with zero attached hydrogens (tertiary/aromatic N) is 2. The van der Waals surface area contributed by atoms with Gasteiger partial charge in [0.25, 0.3) is 11.6 Å². The largest absolute Gasteiger partial charge is 0.385 e. The number of anilines is 1. The van der Waals surface area contributed by atoms with Crippen molar-refractivity contribution in [3.05, 3.63) is 27.9 Å². The van der Waals surface area contributed by atoms with Gasteiger partial charge in [-0.25, -0.2) is 4.98 Å². The van der Waals surface area contributed by atoms with Crippen LogP contribution in [0.2, 0.25) is 0 Å². The number of amides is 1. The highest BCUT2D eigenvalue weighted by atomic mass is 16.6. The fourth-order valence-corrected chi connectivity index (χ4v) is 1.58. The van der Waals surface area contributed by atoms with Gasteiger partial charge in [-0.15, -0.1) is 0 Å². The number of ether oxygens (including phenoxy) is 1. The van der Waals surface area contributed by atoms with Crippen molar-refractivity contribution in [2.45, 2.75) is 19.4 Å². The molecule has 8 heteroatoms. The predicted octanol–water partition coefficient (Wildman–Crippen LogP) is 1.19. The Balaban J connectivity index is 2.92. The van der Waals surface area contributed by atoms with Crippen molar-refractivity contribution in [3.63, 3.8) is 0 Å². The Kier molecular flexibility index (Phi) is 5.85. The summed E-state index contributed by atoms with van der Waals surface area (Å²) in [6.45, 7) is 2.31. The van der Waals surface area contributed by atoms with Crippen molar-refractivity contribution >= 4 is 17.4 Å². The van der Waals surface area contributed by atoms with Crippen LogP contribution >= 0.6 is 0 Å². The molecule has 1 aromatic rings. The third-order valence-electron chi connectivity index (χ3n) is 2.71. The fourth-order valence-electron chi connectivity index (χ4n) is 1.58. The minimum Gasteiger partial charge on any atom is -0.385 e. The number of hydrogen-bond donors (Lipinski definition) is 2. The molecule has 8 nitrogen and oxygen atoms in total. The standard InChI is InChI=1S/C12H18N4O4/c1-8(4-5-20-3)15-12(17)9-6-11(13-2)14-7-10(9)16(18)19/h6-8H,4-5H2,1-3H3,(H,13,14)(H,15,17). The van der Waals surface area contributed by atoms with E-state index < -0.39 is 10.8 Å². The molecule has 1 rings (SSSR count). The van der Waals surface area contributed by atoms with Gasteiger partial charge >= 0.3 is 0 Å². The highest BCUT2D eigenvalue weighted by Crippen LogP contribution is 2.20. The Morgan fingerprint density at radius 2 is 2.30 bits per heavy atom. The average molecular weight is 282 g/mol. The maximum atomic E-state index is 12.1. The van der Waals surface area contributed by atoms with E-state index in [0.717, 1.165) is 6.20 Å². The summed E-state index contributed by atoms with van der Waals surface area (Å²) in [7, 11) is 3.19. The molecular weight excluding hydrogens is 264 g/mol. The first-order valence-electron chi connectivity index (χ1n) is 6.11. The van der Waals surface area contributed by atoms with E-state index in [2.05, 4.69) is 15.6 Å². The summed E-state index contributed by atoms with van der Waals surface area (Å²) < 4.78 is 4.92. The normalized spacial score (nSPS) is 11.8. The van der Waals surface area contributed by atoms with Crippen molar-refractivity contribution in [2.24, 2.45) is 0 Å². The summed E-state index contributed by atoms with van der Waals surface area (Å²) >= 11 is 0. The zero-order valence-corrected chi connectivity index (χ0v) is 11.7. The predicted molar refractivity (Wildman–Crippen MR) is 73.9 cm³/mol. The lowest BCUT2D eigenvalue weighted by molar-refractivity contribution is -0.385. The molecule has 1 amide bonds. The van der Waals surface area contributed by atoms with E-state index in [1.807, 2.05) is 6.92 Å². The van der Waals surface area contributed by atoms with Crippen molar-refractivity contribution in [1.82, 2.24) is 10.3 Å². The highest BCUT2D eigenvalue weighted by Gasteiger charge is 2.22. The fraction of sp³-hybridized carbons (Fsp3) is 0.500. The molecule has 0 aliphatic carbocycles. The molecule has 0 saturated heterocycles. The number of nitrogens with one attached hydrogen (secondary N) is 2. The van der Waals surface area contributed by atoms with Gasteiger partial charge in [-0.3, -0.25) is 14.9 Å². The summed E-state index contributed by atoms with van der Waals surface area (Å²) in [5.74, 6) is -0.107. The number of nitro groups is 1.